The molecular formula is C9H20N2O2. The molecule has 0 heterocycles. The number of nitrogens with one attached hydrogen (secondary N) is 1. The van der Waals surface area contributed by atoms with Crippen LogP contribution in [0.3, 0.4) is 0 Å². The molecule has 1 unspecified atom stereocenters. The Balaban J connectivity index is 4.37. The highest BCUT2D eigenvalue weighted by Crippen LogP contribution is 2.12. The van der Waals surface area contributed by atoms with Gasteiger partial charge in [-0.15, -0.1) is 0 Å². The fourth-order valence-corrected chi connectivity index (χ4v) is 0.789. The van der Waals surface area contributed by atoms with E-state index in [4.69, 9.17) is 5.73 Å². The van der Waals surface area contributed by atoms with E-state index in [9.17, 15) is 9.90 Å². The Hall–Kier alpha value is -0.610. The van der Waals surface area contributed by atoms with Crippen molar-refractivity contribution in [2.24, 2.45) is 5.73 Å². The molecule has 4 nitrogen and oxygen atoms in total. The number of nitrogens with two attached hydrogens (primary N) is 1. The normalized spacial score (nSPS) is 15.5. The van der Waals surface area contributed by atoms with Crippen molar-refractivity contribution < 1.29 is 9.90 Å². The fourth-order valence-electron chi connectivity index (χ4n) is 0.789. The molecule has 0 saturated carbocycles. The molecule has 1 atom stereocenters. The van der Waals surface area contributed by atoms with Crippen molar-refractivity contribution in [1.82, 2.24) is 5.32 Å². The third kappa shape index (κ3) is 3.74. The Morgan fingerprint density at radius 2 is 1.77 bits per heavy atom. The van der Waals surface area contributed by atoms with E-state index in [1.165, 1.54) is 0 Å². The maximum Gasteiger partial charge on any atom is 0.237 e. The molecule has 0 spiro atoms. The molecule has 0 aromatic rings. The molecule has 0 fully saturated rings. The van der Waals surface area contributed by atoms with Gasteiger partial charge in [0, 0.05) is 6.04 Å². The van der Waals surface area contributed by atoms with Crippen LogP contribution in [0.5, 0.6) is 0 Å². The summed E-state index contributed by atoms with van der Waals surface area (Å²) in [4.78, 5) is 11.0. The van der Waals surface area contributed by atoms with Crippen LogP contribution >= 0.6 is 0 Å². The second-order valence-electron chi connectivity index (χ2n) is 4.51. The Kier molecular flexibility index (Phi) is 3.47. The lowest BCUT2D eigenvalue weighted by Crippen LogP contribution is -2.58. The van der Waals surface area contributed by atoms with Gasteiger partial charge < -0.3 is 10.8 Å². The highest BCUT2D eigenvalue weighted by molar-refractivity contribution is 5.83. The SMILES string of the molecule is CC(NC(C)(C)C(N)=O)C(C)(C)O. The molecule has 0 radical (unpaired) electrons. The first-order valence-corrected chi connectivity index (χ1v) is 4.37. The summed E-state index contributed by atoms with van der Waals surface area (Å²) in [6.45, 7) is 8.56. The summed E-state index contributed by atoms with van der Waals surface area (Å²) in [6, 6.07) is -0.199. The smallest absolute Gasteiger partial charge is 0.237 e. The average molecular weight is 188 g/mol. The first kappa shape index (κ1) is 12.4. The third-order valence-corrected chi connectivity index (χ3v) is 2.25. The Bertz CT molecular complexity index is 194. The minimum Gasteiger partial charge on any atom is -0.389 e. The van der Waals surface area contributed by atoms with E-state index in [1.807, 2.05) is 6.92 Å². The number of primary amides is 1. The molecule has 0 saturated heterocycles. The van der Waals surface area contributed by atoms with Crippen LogP contribution in [0, 0.1) is 0 Å². The van der Waals surface area contributed by atoms with Crippen molar-refractivity contribution in [3.8, 4) is 0 Å². The molecule has 78 valence electrons. The van der Waals surface area contributed by atoms with Crippen molar-refractivity contribution >= 4 is 5.91 Å². The number of rotatable bonds is 4. The summed E-state index contributed by atoms with van der Waals surface area (Å²) in [5, 5.41) is 12.6. The minimum absolute atomic E-state index is 0.199. The first-order chi connectivity index (χ1) is 5.57. The molecule has 13 heavy (non-hydrogen) atoms. The Morgan fingerprint density at radius 1 is 1.38 bits per heavy atom. The van der Waals surface area contributed by atoms with E-state index in [-0.39, 0.29) is 6.04 Å². The zero-order chi connectivity index (χ0) is 10.9. The zero-order valence-electron chi connectivity index (χ0n) is 9.01. The van der Waals surface area contributed by atoms with Gasteiger partial charge >= 0.3 is 0 Å². The molecule has 4 heteroatoms. The lowest BCUT2D eigenvalue weighted by atomic mass is 9.96. The summed E-state index contributed by atoms with van der Waals surface area (Å²) >= 11 is 0. The predicted molar refractivity (Wildman–Crippen MR) is 52.2 cm³/mol. The van der Waals surface area contributed by atoms with Crippen molar-refractivity contribution in [1.29, 1.82) is 0 Å². The highest BCUT2D eigenvalue weighted by atomic mass is 16.3. The number of hydrogen-bond acceptors (Lipinski definition) is 3. The molecule has 0 aliphatic heterocycles. The molecule has 0 aliphatic rings. The lowest BCUT2D eigenvalue weighted by molar-refractivity contribution is -0.124. The van der Waals surface area contributed by atoms with Gasteiger partial charge in [-0.2, -0.15) is 0 Å². The molecule has 4 N–H and O–H groups in total. The third-order valence-electron chi connectivity index (χ3n) is 2.25. The monoisotopic (exact) mass is 188 g/mol. The number of aliphatic hydroxyl groups is 1. The van der Waals surface area contributed by atoms with Gasteiger partial charge in [0.1, 0.15) is 0 Å². The van der Waals surface area contributed by atoms with Gasteiger partial charge in [0.05, 0.1) is 11.1 Å². The van der Waals surface area contributed by atoms with Crippen molar-refractivity contribution in [2.75, 3.05) is 0 Å². The van der Waals surface area contributed by atoms with E-state index in [2.05, 4.69) is 5.32 Å². The fraction of sp³-hybridized carbons (Fsp3) is 0.889. The standard InChI is InChI=1S/C9H20N2O2/c1-6(9(4,5)13)11-8(2,3)7(10)12/h6,11,13H,1-5H3,(H2,10,12). The van der Waals surface area contributed by atoms with Crippen LogP contribution in [-0.4, -0.2) is 28.2 Å². The van der Waals surface area contributed by atoms with Gasteiger partial charge in [0.2, 0.25) is 5.91 Å². The van der Waals surface area contributed by atoms with Crippen LogP contribution in [0.15, 0.2) is 0 Å². The van der Waals surface area contributed by atoms with Crippen molar-refractivity contribution in [2.45, 2.75) is 51.8 Å². The lowest BCUT2D eigenvalue weighted by Gasteiger charge is -2.33. The van der Waals surface area contributed by atoms with Crippen LogP contribution in [0.2, 0.25) is 0 Å². The maximum atomic E-state index is 11.0. The Morgan fingerprint density at radius 3 is 2.00 bits per heavy atom. The van der Waals surface area contributed by atoms with Gasteiger partial charge in [-0.05, 0) is 34.6 Å². The van der Waals surface area contributed by atoms with Crippen LogP contribution in [0.1, 0.15) is 34.6 Å². The summed E-state index contributed by atoms with van der Waals surface area (Å²) in [7, 11) is 0. The van der Waals surface area contributed by atoms with Crippen LogP contribution < -0.4 is 11.1 Å². The highest BCUT2D eigenvalue weighted by Gasteiger charge is 2.31. The van der Waals surface area contributed by atoms with E-state index >= 15 is 0 Å². The van der Waals surface area contributed by atoms with E-state index < -0.39 is 17.0 Å². The summed E-state index contributed by atoms with van der Waals surface area (Å²) in [5.41, 5.74) is 3.52. The number of carbonyl (C=O) groups excluding carboxylic acids is 1. The second kappa shape index (κ2) is 3.64. The summed E-state index contributed by atoms with van der Waals surface area (Å²) in [5.74, 6) is -0.427. The number of hydrogen-bond donors (Lipinski definition) is 3. The number of carbonyl (C=O) groups is 1. The van der Waals surface area contributed by atoms with Crippen molar-refractivity contribution in [3.63, 3.8) is 0 Å². The number of amides is 1. The zero-order valence-corrected chi connectivity index (χ0v) is 9.01. The summed E-state index contributed by atoms with van der Waals surface area (Å²) < 4.78 is 0. The molecule has 0 aromatic carbocycles. The van der Waals surface area contributed by atoms with Gasteiger partial charge in [-0.1, -0.05) is 0 Å². The molecule has 0 bridgehead atoms. The molecule has 1 amide bonds. The van der Waals surface area contributed by atoms with Crippen LogP contribution in [-0.2, 0) is 4.79 Å². The topological polar surface area (TPSA) is 75.3 Å². The van der Waals surface area contributed by atoms with Crippen LogP contribution in [0.4, 0.5) is 0 Å². The predicted octanol–water partition coefficient (Wildman–Crippen LogP) is -0.000700. The van der Waals surface area contributed by atoms with Crippen LogP contribution in [0.25, 0.3) is 0 Å². The largest absolute Gasteiger partial charge is 0.389 e. The minimum atomic E-state index is -0.868. The average Bonchev–Trinajstić information content (AvgIpc) is 1.83. The quantitative estimate of drug-likeness (QED) is 0.581. The maximum absolute atomic E-state index is 11.0. The Labute approximate surface area is 79.5 Å². The first-order valence-electron chi connectivity index (χ1n) is 4.37. The molecule has 0 aliphatic carbocycles. The molecular weight excluding hydrogens is 168 g/mol. The summed E-state index contributed by atoms with van der Waals surface area (Å²) in [6.07, 6.45) is 0. The molecule has 0 rings (SSSR count). The van der Waals surface area contributed by atoms with Gasteiger partial charge in [-0.25, -0.2) is 0 Å². The van der Waals surface area contributed by atoms with Gasteiger partial charge in [0.15, 0.2) is 0 Å². The van der Waals surface area contributed by atoms with E-state index in [0.717, 1.165) is 0 Å². The van der Waals surface area contributed by atoms with Gasteiger partial charge in [-0.3, -0.25) is 10.1 Å². The van der Waals surface area contributed by atoms with E-state index in [0.29, 0.717) is 0 Å². The van der Waals surface area contributed by atoms with Gasteiger partial charge in [0.25, 0.3) is 0 Å². The van der Waals surface area contributed by atoms with Crippen molar-refractivity contribution in [3.05, 3.63) is 0 Å². The van der Waals surface area contributed by atoms with E-state index in [1.54, 1.807) is 27.7 Å². The molecule has 0 aromatic heterocycles. The second-order valence-corrected chi connectivity index (χ2v) is 4.51.